The highest BCUT2D eigenvalue weighted by atomic mass is 15.1. The van der Waals surface area contributed by atoms with E-state index in [2.05, 4.69) is 287 Å². The maximum Gasteiger partial charge on any atom is 0.0558 e. The number of aryl methyl sites for hydroxylation is 1. The second-order valence-corrected chi connectivity index (χ2v) is 17.7. The van der Waals surface area contributed by atoms with Crippen LogP contribution in [0.4, 0.5) is 34.1 Å². The second-order valence-electron chi connectivity index (χ2n) is 17.7. The first-order chi connectivity index (χ1) is 34.2. The zero-order chi connectivity index (χ0) is 45.9. The van der Waals surface area contributed by atoms with E-state index in [0.29, 0.717) is 0 Å². The molecule has 1 heterocycles. The van der Waals surface area contributed by atoms with E-state index in [0.717, 1.165) is 58.1 Å². The number of benzene rings is 10. The van der Waals surface area contributed by atoms with Crippen LogP contribution < -0.4 is 9.80 Å². The van der Waals surface area contributed by atoms with Gasteiger partial charge >= 0.3 is 0 Å². The van der Waals surface area contributed by atoms with E-state index in [1.165, 1.54) is 61.2 Å². The van der Waals surface area contributed by atoms with Gasteiger partial charge in [-0.15, -0.1) is 0 Å². The molecular weight excluding hydrogens is 835 g/mol. The number of allylic oxidation sites excluding steroid dienone is 1. The highest BCUT2D eigenvalue weighted by Gasteiger charge is 2.22. The molecular formula is C66H49N3. The molecule has 328 valence electrons. The third-order valence-electron chi connectivity index (χ3n) is 13.5. The number of fused-ring (bicyclic) bond motifs is 3. The smallest absolute Gasteiger partial charge is 0.0558 e. The van der Waals surface area contributed by atoms with Crippen LogP contribution in [-0.4, -0.2) is 4.57 Å². The molecule has 0 radical (unpaired) electrons. The summed E-state index contributed by atoms with van der Waals surface area (Å²) in [7, 11) is 0. The van der Waals surface area contributed by atoms with Crippen molar-refractivity contribution in [3.05, 3.63) is 278 Å². The molecule has 0 atom stereocenters. The monoisotopic (exact) mass is 883 g/mol. The number of aromatic nitrogens is 1. The lowest BCUT2D eigenvalue weighted by molar-refractivity contribution is 0.967. The Balaban J connectivity index is 0.900. The molecule has 10 aromatic carbocycles. The lowest BCUT2D eigenvalue weighted by Crippen LogP contribution is -2.10. The Morgan fingerprint density at radius 2 is 0.623 bits per heavy atom. The fourth-order valence-corrected chi connectivity index (χ4v) is 10.0. The molecule has 0 unspecified atom stereocenters. The Hall–Kier alpha value is -8.92. The van der Waals surface area contributed by atoms with Crippen LogP contribution in [0.5, 0.6) is 0 Å². The standard InChI is InChI=1S/C66H49N3/c1-5-15-48(16-6-1)51-25-35-57(36-26-51)67(58-37-27-52(28-38-58)49-17-7-2-8-18-49)59-39-31-54(32-40-59)55-33-43-61(44-34-55)68(60-41-29-53(30-42-60)50-19-9-3-10-20-50)62-45-46-64-63-23-13-14-24-65(63)69(66(64)47-62)56-21-11-4-12-22-56/h1-12,14-22,24-47H,13,23H2. The minimum absolute atomic E-state index is 1.04. The lowest BCUT2D eigenvalue weighted by Gasteiger charge is -2.27. The molecule has 3 nitrogen and oxygen atoms in total. The molecule has 1 aliphatic rings. The predicted molar refractivity (Wildman–Crippen MR) is 292 cm³/mol. The number of hydrogen-bond donors (Lipinski definition) is 0. The molecule has 0 saturated heterocycles. The van der Waals surface area contributed by atoms with Crippen molar-refractivity contribution in [1.82, 2.24) is 4.57 Å². The summed E-state index contributed by atoms with van der Waals surface area (Å²) in [4.78, 5) is 4.73. The summed E-state index contributed by atoms with van der Waals surface area (Å²) < 4.78 is 2.44. The molecule has 3 heteroatoms. The van der Waals surface area contributed by atoms with Crippen molar-refractivity contribution in [3.8, 4) is 50.2 Å². The molecule has 0 aliphatic heterocycles. The highest BCUT2D eigenvalue weighted by Crippen LogP contribution is 2.42. The molecule has 0 fully saturated rings. The Labute approximate surface area is 404 Å². The minimum Gasteiger partial charge on any atom is -0.311 e. The molecule has 0 saturated carbocycles. The molecule has 69 heavy (non-hydrogen) atoms. The molecule has 0 N–H and O–H groups in total. The molecule has 12 rings (SSSR count). The first-order valence-corrected chi connectivity index (χ1v) is 23.9. The van der Waals surface area contributed by atoms with Gasteiger partial charge in [-0.2, -0.15) is 0 Å². The number of nitrogens with zero attached hydrogens (tertiary/aromatic N) is 3. The third kappa shape index (κ3) is 8.21. The van der Waals surface area contributed by atoms with Gasteiger partial charge in [0.15, 0.2) is 0 Å². The van der Waals surface area contributed by atoms with Gasteiger partial charge in [0, 0.05) is 50.9 Å². The predicted octanol–water partition coefficient (Wildman–Crippen LogP) is 18.2. The summed E-state index contributed by atoms with van der Waals surface area (Å²) in [6.07, 6.45) is 6.71. The molecule has 1 aromatic heterocycles. The van der Waals surface area contributed by atoms with E-state index in [1.54, 1.807) is 0 Å². The summed E-state index contributed by atoms with van der Waals surface area (Å²) in [6.45, 7) is 0. The van der Waals surface area contributed by atoms with Crippen molar-refractivity contribution in [2.45, 2.75) is 12.8 Å². The van der Waals surface area contributed by atoms with E-state index in [4.69, 9.17) is 0 Å². The summed E-state index contributed by atoms with van der Waals surface area (Å²) in [5.41, 5.74) is 21.2. The summed E-state index contributed by atoms with van der Waals surface area (Å²) in [5, 5.41) is 1.31. The Bertz CT molecular complexity index is 3440. The zero-order valence-corrected chi connectivity index (χ0v) is 38.2. The van der Waals surface area contributed by atoms with Crippen molar-refractivity contribution in [2.24, 2.45) is 0 Å². The highest BCUT2D eigenvalue weighted by molar-refractivity contribution is 5.95. The SMILES string of the molecule is C1=Cc2c(c3ccc(N(c4ccc(-c5ccccc5)cc4)c4ccc(-c5ccc(N(c6ccc(-c7ccccc7)cc6)c6ccc(-c7ccccc7)cc6)cc5)cc4)cc3n2-c2ccccc2)CC1. The van der Waals surface area contributed by atoms with E-state index in [9.17, 15) is 0 Å². The number of rotatable bonds is 11. The van der Waals surface area contributed by atoms with Crippen LogP contribution >= 0.6 is 0 Å². The zero-order valence-electron chi connectivity index (χ0n) is 38.2. The average Bonchev–Trinajstić information content (AvgIpc) is 3.77. The van der Waals surface area contributed by atoms with Crippen LogP contribution in [-0.2, 0) is 6.42 Å². The van der Waals surface area contributed by atoms with Crippen LogP contribution in [0.1, 0.15) is 17.7 Å². The van der Waals surface area contributed by atoms with Crippen molar-refractivity contribution in [1.29, 1.82) is 0 Å². The average molecular weight is 884 g/mol. The van der Waals surface area contributed by atoms with Crippen LogP contribution in [0.3, 0.4) is 0 Å². The van der Waals surface area contributed by atoms with Crippen LogP contribution in [0.15, 0.2) is 267 Å². The molecule has 0 amide bonds. The fourth-order valence-electron chi connectivity index (χ4n) is 10.0. The van der Waals surface area contributed by atoms with Crippen LogP contribution in [0.25, 0.3) is 67.2 Å². The van der Waals surface area contributed by atoms with Crippen molar-refractivity contribution < 1.29 is 0 Å². The maximum absolute atomic E-state index is 2.44. The van der Waals surface area contributed by atoms with E-state index < -0.39 is 0 Å². The molecule has 0 spiro atoms. The maximum atomic E-state index is 2.44. The van der Waals surface area contributed by atoms with Crippen LogP contribution in [0.2, 0.25) is 0 Å². The molecule has 1 aliphatic carbocycles. The normalized spacial score (nSPS) is 11.9. The number of anilines is 6. The fraction of sp³-hybridized carbons (Fsp3) is 0.0303. The van der Waals surface area contributed by atoms with E-state index >= 15 is 0 Å². The third-order valence-corrected chi connectivity index (χ3v) is 13.5. The first-order valence-electron chi connectivity index (χ1n) is 23.9. The largest absolute Gasteiger partial charge is 0.311 e. The molecule has 0 bridgehead atoms. The van der Waals surface area contributed by atoms with Gasteiger partial charge < -0.3 is 14.4 Å². The summed E-state index contributed by atoms with van der Waals surface area (Å²) in [5.74, 6) is 0. The second kappa shape index (κ2) is 18.4. The van der Waals surface area contributed by atoms with E-state index in [-0.39, 0.29) is 0 Å². The van der Waals surface area contributed by atoms with Crippen molar-refractivity contribution in [3.63, 3.8) is 0 Å². The first kappa shape index (κ1) is 41.5. The topological polar surface area (TPSA) is 11.4 Å². The minimum atomic E-state index is 1.04. The lowest BCUT2D eigenvalue weighted by atomic mass is 10.0. The number of hydrogen-bond acceptors (Lipinski definition) is 2. The Kier molecular flexibility index (Phi) is 11.1. The van der Waals surface area contributed by atoms with Crippen LogP contribution in [0, 0.1) is 0 Å². The van der Waals surface area contributed by atoms with Crippen molar-refractivity contribution >= 4 is 51.1 Å². The summed E-state index contributed by atoms with van der Waals surface area (Å²) in [6, 6.07) is 94.3. The van der Waals surface area contributed by atoms with Crippen molar-refractivity contribution in [2.75, 3.05) is 9.80 Å². The van der Waals surface area contributed by atoms with Gasteiger partial charge in [0.2, 0.25) is 0 Å². The quantitative estimate of drug-likeness (QED) is 0.128. The van der Waals surface area contributed by atoms with Gasteiger partial charge in [-0.25, -0.2) is 0 Å². The van der Waals surface area contributed by atoms with Gasteiger partial charge in [0.25, 0.3) is 0 Å². The van der Waals surface area contributed by atoms with Gasteiger partial charge in [-0.3, -0.25) is 0 Å². The summed E-state index contributed by atoms with van der Waals surface area (Å²) >= 11 is 0. The molecule has 11 aromatic rings. The van der Waals surface area contributed by atoms with Gasteiger partial charge in [-0.05, 0) is 154 Å². The van der Waals surface area contributed by atoms with E-state index in [1.807, 2.05) is 0 Å². The number of para-hydroxylation sites is 1. The Morgan fingerprint density at radius 1 is 0.304 bits per heavy atom. The van der Waals surface area contributed by atoms with Gasteiger partial charge in [0.1, 0.15) is 0 Å². The van der Waals surface area contributed by atoms with Gasteiger partial charge in [0.05, 0.1) is 5.52 Å². The van der Waals surface area contributed by atoms with Gasteiger partial charge in [-0.1, -0.05) is 182 Å². The Morgan fingerprint density at radius 3 is 1.00 bits per heavy atom.